The van der Waals surface area contributed by atoms with Gasteiger partial charge in [0.2, 0.25) is 0 Å². The van der Waals surface area contributed by atoms with E-state index in [0.717, 1.165) is 32.5 Å². The van der Waals surface area contributed by atoms with Gasteiger partial charge in [0.1, 0.15) is 17.3 Å². The molecule has 0 spiro atoms. The Morgan fingerprint density at radius 3 is 2.70 bits per heavy atom. The molecule has 1 atom stereocenters. The van der Waals surface area contributed by atoms with Crippen molar-refractivity contribution in [2.24, 2.45) is 0 Å². The molecule has 1 rings (SSSR count). The number of hydrogen-bond acceptors (Lipinski definition) is 5. The summed E-state index contributed by atoms with van der Waals surface area (Å²) in [5, 5.41) is 3.41. The van der Waals surface area contributed by atoms with E-state index in [1.54, 1.807) is 0 Å². The summed E-state index contributed by atoms with van der Waals surface area (Å²) in [6.45, 7) is 9.66. The first-order chi connectivity index (χ1) is 9.62. The number of carbonyl (C=O) groups excluding carboxylic acids is 1. The second-order valence-corrected chi connectivity index (χ2v) is 5.12. The van der Waals surface area contributed by atoms with Crippen molar-refractivity contribution in [2.75, 3.05) is 25.0 Å². The highest BCUT2D eigenvalue weighted by Crippen LogP contribution is 2.18. The number of rotatable bonds is 9. The van der Waals surface area contributed by atoms with Crippen LogP contribution in [0.5, 0.6) is 0 Å². The van der Waals surface area contributed by atoms with Gasteiger partial charge in [0, 0.05) is 6.04 Å². The molecule has 0 aliphatic heterocycles. The fourth-order valence-electron chi connectivity index (χ4n) is 2.06. The molecule has 1 aromatic heterocycles. The van der Waals surface area contributed by atoms with Gasteiger partial charge in [-0.3, -0.25) is 4.79 Å². The van der Waals surface area contributed by atoms with Gasteiger partial charge in [0.05, 0.1) is 5.56 Å². The van der Waals surface area contributed by atoms with E-state index >= 15 is 0 Å². The minimum atomic E-state index is 0.188. The molecule has 112 valence electrons. The predicted octanol–water partition coefficient (Wildman–Crippen LogP) is 2.86. The smallest absolute Gasteiger partial charge is 0.156 e. The number of carbonyl (C=O) groups is 1. The highest BCUT2D eigenvalue weighted by atomic mass is 35.5. The van der Waals surface area contributed by atoms with Gasteiger partial charge in [-0.15, -0.1) is 0 Å². The lowest BCUT2D eigenvalue weighted by molar-refractivity contribution is 0.112. The van der Waals surface area contributed by atoms with Crippen molar-refractivity contribution in [2.45, 2.75) is 39.7 Å². The highest BCUT2D eigenvalue weighted by Gasteiger charge is 2.11. The summed E-state index contributed by atoms with van der Waals surface area (Å²) in [5.74, 6) is 0.510. The van der Waals surface area contributed by atoms with E-state index < -0.39 is 0 Å². The third-order valence-electron chi connectivity index (χ3n) is 3.34. The van der Waals surface area contributed by atoms with Crippen LogP contribution in [0.3, 0.4) is 0 Å². The number of aldehydes is 1. The van der Waals surface area contributed by atoms with Crippen molar-refractivity contribution in [3.63, 3.8) is 0 Å². The quantitative estimate of drug-likeness (QED) is 0.561. The molecule has 0 radical (unpaired) electrons. The summed E-state index contributed by atoms with van der Waals surface area (Å²) >= 11 is 5.87. The lowest BCUT2D eigenvalue weighted by Crippen LogP contribution is -2.26. The van der Waals surface area contributed by atoms with Gasteiger partial charge in [-0.1, -0.05) is 25.4 Å². The Morgan fingerprint density at radius 2 is 2.10 bits per heavy atom. The Morgan fingerprint density at radius 1 is 1.40 bits per heavy atom. The molecule has 5 nitrogen and oxygen atoms in total. The molecule has 0 aliphatic rings. The van der Waals surface area contributed by atoms with Crippen molar-refractivity contribution in [1.82, 2.24) is 14.9 Å². The molecule has 0 bridgehead atoms. The average molecular weight is 299 g/mol. The first kappa shape index (κ1) is 16.9. The zero-order chi connectivity index (χ0) is 15.0. The Kier molecular flexibility index (Phi) is 7.47. The van der Waals surface area contributed by atoms with Crippen LogP contribution in [0.1, 0.15) is 44.0 Å². The van der Waals surface area contributed by atoms with Crippen LogP contribution in [-0.2, 0) is 0 Å². The summed E-state index contributed by atoms with van der Waals surface area (Å²) in [4.78, 5) is 21.3. The van der Waals surface area contributed by atoms with Crippen molar-refractivity contribution < 1.29 is 4.79 Å². The maximum atomic E-state index is 11.0. The number of aromatic nitrogens is 2. The van der Waals surface area contributed by atoms with Gasteiger partial charge in [-0.25, -0.2) is 9.97 Å². The molecule has 1 aromatic rings. The molecule has 0 saturated heterocycles. The van der Waals surface area contributed by atoms with Gasteiger partial charge in [0.25, 0.3) is 0 Å². The lowest BCUT2D eigenvalue weighted by Gasteiger charge is -2.20. The van der Waals surface area contributed by atoms with Crippen LogP contribution in [-0.4, -0.2) is 46.8 Å². The molecular weight excluding hydrogens is 276 g/mol. The predicted molar refractivity (Wildman–Crippen MR) is 82.5 cm³/mol. The lowest BCUT2D eigenvalue weighted by atomic mass is 10.1. The van der Waals surface area contributed by atoms with E-state index in [9.17, 15) is 4.79 Å². The number of nitrogens with zero attached hydrogens (tertiary/aromatic N) is 3. The average Bonchev–Trinajstić information content (AvgIpc) is 2.44. The van der Waals surface area contributed by atoms with E-state index in [0.29, 0.717) is 17.7 Å². The topological polar surface area (TPSA) is 58.1 Å². The molecule has 0 saturated carbocycles. The second-order valence-electron chi connectivity index (χ2n) is 4.76. The fraction of sp³-hybridized carbons (Fsp3) is 0.643. The maximum absolute atomic E-state index is 11.0. The monoisotopic (exact) mass is 298 g/mol. The van der Waals surface area contributed by atoms with E-state index in [2.05, 4.69) is 41.0 Å². The van der Waals surface area contributed by atoms with Crippen molar-refractivity contribution in [1.29, 1.82) is 0 Å². The molecule has 0 aliphatic carbocycles. The van der Waals surface area contributed by atoms with Gasteiger partial charge in [0.15, 0.2) is 6.29 Å². The van der Waals surface area contributed by atoms with Gasteiger partial charge in [-0.2, -0.15) is 0 Å². The van der Waals surface area contributed by atoms with Crippen molar-refractivity contribution >= 4 is 23.7 Å². The summed E-state index contributed by atoms with van der Waals surface area (Å²) in [6, 6.07) is 0.232. The third-order valence-corrected chi connectivity index (χ3v) is 3.64. The highest BCUT2D eigenvalue weighted by molar-refractivity contribution is 6.32. The zero-order valence-electron chi connectivity index (χ0n) is 12.4. The Hall–Kier alpha value is -1.20. The van der Waals surface area contributed by atoms with Crippen LogP contribution in [0.25, 0.3) is 0 Å². The second kappa shape index (κ2) is 8.87. The van der Waals surface area contributed by atoms with E-state index in [1.807, 2.05) is 0 Å². The first-order valence-corrected chi connectivity index (χ1v) is 7.44. The Balaban J connectivity index is 2.48. The van der Waals surface area contributed by atoms with E-state index in [-0.39, 0.29) is 11.2 Å². The van der Waals surface area contributed by atoms with Crippen LogP contribution < -0.4 is 5.32 Å². The number of anilines is 1. The number of halogens is 1. The van der Waals surface area contributed by atoms with E-state index in [4.69, 9.17) is 11.6 Å². The first-order valence-electron chi connectivity index (χ1n) is 7.06. The standard InChI is InChI=1S/C14H23ClN4O/c1-4-19(5-2)8-6-7-11(3)18-14-12(9-20)13(15)16-10-17-14/h9-11H,4-8H2,1-3H3,(H,16,17,18). The van der Waals surface area contributed by atoms with Crippen LogP contribution in [0, 0.1) is 0 Å². The SMILES string of the molecule is CCN(CC)CCCC(C)Nc1ncnc(Cl)c1C=O. The molecule has 1 unspecified atom stereocenters. The van der Waals surface area contributed by atoms with Crippen LogP contribution in [0.2, 0.25) is 5.15 Å². The molecule has 20 heavy (non-hydrogen) atoms. The molecule has 1 N–H and O–H groups in total. The van der Waals surface area contributed by atoms with Gasteiger partial charge in [-0.05, 0) is 39.4 Å². The molecule has 0 amide bonds. The van der Waals surface area contributed by atoms with Gasteiger partial charge < -0.3 is 10.2 Å². The maximum Gasteiger partial charge on any atom is 0.156 e. The van der Waals surface area contributed by atoms with Gasteiger partial charge >= 0.3 is 0 Å². The summed E-state index contributed by atoms with van der Waals surface area (Å²) in [6.07, 6.45) is 4.16. The molecular formula is C14H23ClN4O. The van der Waals surface area contributed by atoms with E-state index in [1.165, 1.54) is 6.33 Å². The Bertz CT molecular complexity index is 424. The normalized spacial score (nSPS) is 12.4. The van der Waals surface area contributed by atoms with Crippen molar-refractivity contribution in [3.05, 3.63) is 17.0 Å². The number of hydrogen-bond donors (Lipinski definition) is 1. The number of nitrogens with one attached hydrogen (secondary N) is 1. The summed E-state index contributed by atoms with van der Waals surface area (Å²) in [7, 11) is 0. The third kappa shape index (κ3) is 5.06. The molecule has 1 heterocycles. The largest absolute Gasteiger partial charge is 0.367 e. The minimum absolute atomic E-state index is 0.188. The summed E-state index contributed by atoms with van der Waals surface area (Å²) < 4.78 is 0. The zero-order valence-corrected chi connectivity index (χ0v) is 13.2. The molecule has 0 aromatic carbocycles. The molecule has 6 heteroatoms. The molecule has 0 fully saturated rings. The fourth-order valence-corrected chi connectivity index (χ4v) is 2.24. The summed E-state index contributed by atoms with van der Waals surface area (Å²) in [5.41, 5.74) is 0.324. The van der Waals surface area contributed by atoms with Crippen LogP contribution >= 0.6 is 11.6 Å². The minimum Gasteiger partial charge on any atom is -0.367 e. The Labute approximate surface area is 125 Å². The van der Waals surface area contributed by atoms with Crippen LogP contribution in [0.15, 0.2) is 6.33 Å². The van der Waals surface area contributed by atoms with Crippen LogP contribution in [0.4, 0.5) is 5.82 Å². The van der Waals surface area contributed by atoms with Crippen molar-refractivity contribution in [3.8, 4) is 0 Å².